The van der Waals surface area contributed by atoms with Gasteiger partial charge < -0.3 is 4.90 Å². The first-order valence-corrected chi connectivity index (χ1v) is 8.15. The lowest BCUT2D eigenvalue weighted by Gasteiger charge is -2.40. The Labute approximate surface area is 136 Å². The van der Waals surface area contributed by atoms with Gasteiger partial charge in [-0.1, -0.05) is 0 Å². The molecule has 22 heavy (non-hydrogen) atoms. The molecule has 0 aromatic carbocycles. The first-order valence-electron chi connectivity index (χ1n) is 7.35. The number of fused-ring (bicyclic) bond motifs is 1. The average Bonchev–Trinajstić information content (AvgIpc) is 2.97. The molecule has 3 aromatic heterocycles. The Morgan fingerprint density at radius 3 is 2.77 bits per heavy atom. The SMILES string of the molecule is Cc1cc(N2CC(Cn3cc(Br)cn3)C2)n2nc(C)cc2n1. The van der Waals surface area contributed by atoms with E-state index in [-0.39, 0.29) is 0 Å². The smallest absolute Gasteiger partial charge is 0.157 e. The molecule has 0 amide bonds. The first-order chi connectivity index (χ1) is 10.6. The standard InChI is InChI=1S/C15H17BrN6/c1-10-4-15(22-14(18-10)3-11(2)19-22)20-6-12(7-20)8-21-9-13(16)5-17-21/h3-5,9,12H,6-8H2,1-2H3. The maximum absolute atomic E-state index is 4.56. The van der Waals surface area contributed by atoms with Crippen molar-refractivity contribution in [3.63, 3.8) is 0 Å². The summed E-state index contributed by atoms with van der Waals surface area (Å²) in [4.78, 5) is 6.90. The van der Waals surface area contributed by atoms with Gasteiger partial charge in [0.25, 0.3) is 0 Å². The summed E-state index contributed by atoms with van der Waals surface area (Å²) >= 11 is 3.44. The van der Waals surface area contributed by atoms with Crippen LogP contribution in [-0.2, 0) is 6.54 Å². The molecule has 4 rings (SSSR count). The van der Waals surface area contributed by atoms with E-state index in [4.69, 9.17) is 0 Å². The van der Waals surface area contributed by atoms with Crippen LogP contribution in [0.2, 0.25) is 0 Å². The Morgan fingerprint density at radius 2 is 2.05 bits per heavy atom. The number of aromatic nitrogens is 5. The highest BCUT2D eigenvalue weighted by Gasteiger charge is 2.29. The van der Waals surface area contributed by atoms with Gasteiger partial charge in [0.2, 0.25) is 0 Å². The molecular formula is C15H17BrN6. The van der Waals surface area contributed by atoms with Crippen LogP contribution in [0.3, 0.4) is 0 Å². The zero-order valence-electron chi connectivity index (χ0n) is 12.6. The molecule has 4 heterocycles. The molecule has 7 heteroatoms. The van der Waals surface area contributed by atoms with Crippen molar-refractivity contribution < 1.29 is 0 Å². The molecule has 0 saturated carbocycles. The third kappa shape index (κ3) is 2.39. The van der Waals surface area contributed by atoms with Crippen LogP contribution in [-0.4, -0.2) is 37.5 Å². The van der Waals surface area contributed by atoms with Crippen molar-refractivity contribution in [2.24, 2.45) is 5.92 Å². The van der Waals surface area contributed by atoms with Crippen molar-refractivity contribution in [1.82, 2.24) is 24.4 Å². The largest absolute Gasteiger partial charge is 0.356 e. The van der Waals surface area contributed by atoms with Crippen molar-refractivity contribution in [3.8, 4) is 0 Å². The summed E-state index contributed by atoms with van der Waals surface area (Å²) in [6.07, 6.45) is 3.85. The normalized spacial score (nSPS) is 15.5. The van der Waals surface area contributed by atoms with Gasteiger partial charge in [0.05, 0.1) is 16.4 Å². The maximum atomic E-state index is 4.56. The summed E-state index contributed by atoms with van der Waals surface area (Å²) in [5.74, 6) is 1.75. The summed E-state index contributed by atoms with van der Waals surface area (Å²) in [6.45, 7) is 7.03. The second-order valence-corrected chi connectivity index (χ2v) is 6.88. The monoisotopic (exact) mass is 360 g/mol. The second-order valence-electron chi connectivity index (χ2n) is 5.96. The molecule has 3 aromatic rings. The molecule has 0 bridgehead atoms. The number of aryl methyl sites for hydroxylation is 2. The lowest BCUT2D eigenvalue weighted by atomic mass is 10.0. The van der Waals surface area contributed by atoms with E-state index in [0.717, 1.165) is 47.0 Å². The van der Waals surface area contributed by atoms with Crippen molar-refractivity contribution >= 4 is 27.4 Å². The zero-order chi connectivity index (χ0) is 15.3. The number of nitrogens with zero attached hydrogens (tertiary/aromatic N) is 6. The van der Waals surface area contributed by atoms with E-state index < -0.39 is 0 Å². The predicted octanol–water partition coefficient (Wildman–Crippen LogP) is 2.44. The van der Waals surface area contributed by atoms with Crippen LogP contribution in [0, 0.1) is 19.8 Å². The van der Waals surface area contributed by atoms with Crippen LogP contribution in [0.1, 0.15) is 11.4 Å². The quantitative estimate of drug-likeness (QED) is 0.719. The fraction of sp³-hybridized carbons (Fsp3) is 0.400. The summed E-state index contributed by atoms with van der Waals surface area (Å²) in [5.41, 5.74) is 2.95. The molecule has 114 valence electrons. The number of hydrogen-bond acceptors (Lipinski definition) is 4. The number of anilines is 1. The van der Waals surface area contributed by atoms with Crippen LogP contribution in [0.15, 0.2) is 29.0 Å². The zero-order valence-corrected chi connectivity index (χ0v) is 14.2. The van der Waals surface area contributed by atoms with Crippen LogP contribution < -0.4 is 4.90 Å². The molecule has 0 unspecified atom stereocenters. The molecule has 0 atom stereocenters. The molecule has 0 radical (unpaired) electrons. The lowest BCUT2D eigenvalue weighted by molar-refractivity contribution is 0.338. The molecule has 0 spiro atoms. The van der Waals surface area contributed by atoms with Crippen molar-refractivity contribution in [3.05, 3.63) is 40.4 Å². The van der Waals surface area contributed by atoms with E-state index in [9.17, 15) is 0 Å². The molecule has 1 aliphatic rings. The highest BCUT2D eigenvalue weighted by Crippen LogP contribution is 2.27. The van der Waals surface area contributed by atoms with E-state index in [1.54, 1.807) is 0 Å². The minimum atomic E-state index is 0.618. The van der Waals surface area contributed by atoms with Gasteiger partial charge in [-0.05, 0) is 29.8 Å². The Morgan fingerprint density at radius 1 is 1.23 bits per heavy atom. The van der Waals surface area contributed by atoms with E-state index in [0.29, 0.717) is 5.92 Å². The van der Waals surface area contributed by atoms with Crippen molar-refractivity contribution in [2.75, 3.05) is 18.0 Å². The maximum Gasteiger partial charge on any atom is 0.157 e. The van der Waals surface area contributed by atoms with Gasteiger partial charge in [-0.25, -0.2) is 4.98 Å². The van der Waals surface area contributed by atoms with E-state index in [2.05, 4.69) is 42.1 Å². The molecule has 1 saturated heterocycles. The van der Waals surface area contributed by atoms with E-state index >= 15 is 0 Å². The Kier molecular flexibility index (Phi) is 3.18. The second kappa shape index (κ2) is 5.08. The van der Waals surface area contributed by atoms with Gasteiger partial charge in [0, 0.05) is 49.6 Å². The van der Waals surface area contributed by atoms with Crippen molar-refractivity contribution in [1.29, 1.82) is 0 Å². The Bertz CT molecular complexity index is 830. The first kappa shape index (κ1) is 13.8. The Balaban J connectivity index is 1.52. The van der Waals surface area contributed by atoms with Crippen LogP contribution in [0.5, 0.6) is 0 Å². The van der Waals surface area contributed by atoms with Gasteiger partial charge >= 0.3 is 0 Å². The number of halogens is 1. The van der Waals surface area contributed by atoms with E-state index in [1.807, 2.05) is 41.5 Å². The fourth-order valence-corrected chi connectivity index (χ4v) is 3.32. The fourth-order valence-electron chi connectivity index (χ4n) is 3.00. The van der Waals surface area contributed by atoms with Gasteiger partial charge in [0.1, 0.15) is 5.82 Å². The summed E-state index contributed by atoms with van der Waals surface area (Å²) in [7, 11) is 0. The van der Waals surface area contributed by atoms with Gasteiger partial charge in [-0.2, -0.15) is 14.7 Å². The average molecular weight is 361 g/mol. The Hall–Kier alpha value is -1.89. The topological polar surface area (TPSA) is 51.2 Å². The van der Waals surface area contributed by atoms with Crippen LogP contribution in [0.4, 0.5) is 5.82 Å². The van der Waals surface area contributed by atoms with Crippen LogP contribution >= 0.6 is 15.9 Å². The summed E-state index contributed by atoms with van der Waals surface area (Å²) < 4.78 is 4.97. The van der Waals surface area contributed by atoms with Crippen molar-refractivity contribution in [2.45, 2.75) is 20.4 Å². The van der Waals surface area contributed by atoms with E-state index in [1.165, 1.54) is 0 Å². The van der Waals surface area contributed by atoms with Crippen LogP contribution in [0.25, 0.3) is 5.65 Å². The number of rotatable bonds is 3. The summed E-state index contributed by atoms with van der Waals surface area (Å²) in [6, 6.07) is 4.13. The van der Waals surface area contributed by atoms with Gasteiger partial charge in [0.15, 0.2) is 5.65 Å². The molecule has 0 aliphatic carbocycles. The number of hydrogen-bond donors (Lipinski definition) is 0. The lowest BCUT2D eigenvalue weighted by Crippen LogP contribution is -2.49. The molecule has 1 fully saturated rings. The molecular weight excluding hydrogens is 344 g/mol. The molecule has 6 nitrogen and oxygen atoms in total. The molecule has 0 N–H and O–H groups in total. The molecule has 1 aliphatic heterocycles. The highest BCUT2D eigenvalue weighted by molar-refractivity contribution is 9.10. The summed E-state index contributed by atoms with van der Waals surface area (Å²) in [5, 5.41) is 8.88. The minimum absolute atomic E-state index is 0.618. The predicted molar refractivity (Wildman–Crippen MR) is 88.1 cm³/mol. The van der Waals surface area contributed by atoms with Gasteiger partial charge in [-0.3, -0.25) is 4.68 Å². The highest BCUT2D eigenvalue weighted by atomic mass is 79.9. The third-order valence-electron chi connectivity index (χ3n) is 3.99. The third-order valence-corrected chi connectivity index (χ3v) is 4.40. The minimum Gasteiger partial charge on any atom is -0.356 e. The van der Waals surface area contributed by atoms with Gasteiger partial charge in [-0.15, -0.1) is 0 Å².